The van der Waals surface area contributed by atoms with Crippen LogP contribution in [0.4, 0.5) is 4.39 Å². The Bertz CT molecular complexity index is 433. The molecule has 4 heteroatoms. The van der Waals surface area contributed by atoms with Crippen molar-refractivity contribution in [2.45, 2.75) is 38.8 Å². The number of rotatable bonds is 6. The number of benzene rings is 1. The fourth-order valence-corrected chi connectivity index (χ4v) is 2.86. The van der Waals surface area contributed by atoms with Gasteiger partial charge >= 0.3 is 0 Å². The number of hydrogen-bond acceptors (Lipinski definition) is 3. The van der Waals surface area contributed by atoms with Gasteiger partial charge in [-0.05, 0) is 44.8 Å². The molecule has 1 heterocycles. The van der Waals surface area contributed by atoms with Crippen molar-refractivity contribution in [3.8, 4) is 0 Å². The zero-order valence-corrected chi connectivity index (χ0v) is 13.1. The number of β-amino-alcohol motifs (C(OH)–C–C–N with tert-alkyl or cyclic N) is 1. The molecule has 1 saturated heterocycles. The molecule has 21 heavy (non-hydrogen) atoms. The van der Waals surface area contributed by atoms with E-state index >= 15 is 0 Å². The summed E-state index contributed by atoms with van der Waals surface area (Å²) in [4.78, 5) is 2.32. The van der Waals surface area contributed by atoms with E-state index in [-0.39, 0.29) is 11.9 Å². The molecule has 0 aliphatic carbocycles. The van der Waals surface area contributed by atoms with Crippen LogP contribution in [0.1, 0.15) is 38.3 Å². The van der Waals surface area contributed by atoms with Crippen molar-refractivity contribution < 1.29 is 9.50 Å². The van der Waals surface area contributed by atoms with Crippen LogP contribution >= 0.6 is 0 Å². The van der Waals surface area contributed by atoms with Gasteiger partial charge < -0.3 is 15.3 Å². The number of nitrogens with zero attached hydrogens (tertiary/aromatic N) is 1. The monoisotopic (exact) mass is 294 g/mol. The maximum absolute atomic E-state index is 13.7. The normalized spacial score (nSPS) is 20.4. The lowest BCUT2D eigenvalue weighted by molar-refractivity contribution is 0.0891. The van der Waals surface area contributed by atoms with Crippen molar-refractivity contribution in [2.75, 3.05) is 26.2 Å². The maximum Gasteiger partial charge on any atom is 0.127 e. The number of aliphatic hydroxyl groups excluding tert-OH is 1. The molecule has 0 spiro atoms. The molecule has 1 aromatic rings. The highest BCUT2D eigenvalue weighted by Crippen LogP contribution is 2.17. The van der Waals surface area contributed by atoms with Crippen LogP contribution in [0.25, 0.3) is 0 Å². The topological polar surface area (TPSA) is 35.5 Å². The summed E-state index contributed by atoms with van der Waals surface area (Å²) in [6.45, 7) is 7.53. The molecular weight excluding hydrogens is 267 g/mol. The van der Waals surface area contributed by atoms with Gasteiger partial charge in [0.2, 0.25) is 0 Å². The molecule has 118 valence electrons. The minimum atomic E-state index is -0.410. The van der Waals surface area contributed by atoms with Crippen LogP contribution in [0.2, 0.25) is 0 Å². The Labute approximate surface area is 127 Å². The summed E-state index contributed by atoms with van der Waals surface area (Å²) < 4.78 is 13.7. The number of nitrogens with one attached hydrogen (secondary N) is 1. The Kier molecular flexibility index (Phi) is 6.15. The summed E-state index contributed by atoms with van der Waals surface area (Å²) in [6.07, 6.45) is 2.02. The Morgan fingerprint density at radius 3 is 2.67 bits per heavy atom. The van der Waals surface area contributed by atoms with E-state index in [0.29, 0.717) is 18.7 Å². The number of halogens is 1. The molecule has 3 nitrogen and oxygen atoms in total. The SMILES string of the molecule is CC1CCN(CC(O)CNC(C)c2ccccc2F)CC1. The van der Waals surface area contributed by atoms with E-state index in [4.69, 9.17) is 0 Å². The fraction of sp³-hybridized carbons (Fsp3) is 0.647. The van der Waals surface area contributed by atoms with Crippen LogP contribution < -0.4 is 5.32 Å². The van der Waals surface area contributed by atoms with Crippen LogP contribution in [0, 0.1) is 11.7 Å². The summed E-state index contributed by atoms with van der Waals surface area (Å²) in [6, 6.07) is 6.69. The third-order valence-electron chi connectivity index (χ3n) is 4.38. The zero-order valence-electron chi connectivity index (χ0n) is 13.1. The van der Waals surface area contributed by atoms with Gasteiger partial charge in [-0.25, -0.2) is 4.39 Å². The average molecular weight is 294 g/mol. The fourth-order valence-electron chi connectivity index (χ4n) is 2.86. The first kappa shape index (κ1) is 16.4. The Morgan fingerprint density at radius 2 is 2.00 bits per heavy atom. The van der Waals surface area contributed by atoms with Gasteiger partial charge in [0.1, 0.15) is 5.82 Å². The quantitative estimate of drug-likeness (QED) is 0.846. The number of piperidine rings is 1. The summed E-state index contributed by atoms with van der Waals surface area (Å²) in [7, 11) is 0. The Balaban J connectivity index is 1.73. The molecule has 2 atom stereocenters. The first-order valence-corrected chi connectivity index (χ1v) is 7.94. The molecule has 2 unspecified atom stereocenters. The van der Waals surface area contributed by atoms with E-state index in [1.165, 1.54) is 18.9 Å². The van der Waals surface area contributed by atoms with E-state index < -0.39 is 6.10 Å². The van der Waals surface area contributed by atoms with Crippen LogP contribution in [-0.2, 0) is 0 Å². The molecule has 2 rings (SSSR count). The predicted octanol–water partition coefficient (Wildman–Crippen LogP) is 2.57. The summed E-state index contributed by atoms with van der Waals surface area (Å²) in [5, 5.41) is 13.4. The largest absolute Gasteiger partial charge is 0.390 e. The van der Waals surface area contributed by atoms with Gasteiger partial charge in [-0.3, -0.25) is 0 Å². The molecule has 0 saturated carbocycles. The predicted molar refractivity (Wildman–Crippen MR) is 83.7 cm³/mol. The number of aliphatic hydroxyl groups is 1. The Hall–Kier alpha value is -0.970. The standard InChI is InChI=1S/C17H27FN2O/c1-13-7-9-20(10-8-13)12-15(21)11-19-14(2)16-5-3-4-6-17(16)18/h3-6,13-15,19,21H,7-12H2,1-2H3. The number of hydrogen-bond donors (Lipinski definition) is 2. The second-order valence-electron chi connectivity index (χ2n) is 6.29. The second-order valence-corrected chi connectivity index (χ2v) is 6.29. The first-order valence-electron chi connectivity index (χ1n) is 7.94. The van der Waals surface area contributed by atoms with E-state index in [1.54, 1.807) is 12.1 Å². The van der Waals surface area contributed by atoms with Gasteiger partial charge in [0.25, 0.3) is 0 Å². The molecule has 0 amide bonds. The van der Waals surface area contributed by atoms with E-state index in [1.807, 2.05) is 13.0 Å². The molecule has 2 N–H and O–H groups in total. The molecule has 0 radical (unpaired) electrons. The van der Waals surface area contributed by atoms with Crippen molar-refractivity contribution in [1.82, 2.24) is 10.2 Å². The van der Waals surface area contributed by atoms with Gasteiger partial charge in [0, 0.05) is 24.7 Å². The van der Waals surface area contributed by atoms with Crippen LogP contribution in [0.5, 0.6) is 0 Å². The molecule has 1 fully saturated rings. The van der Waals surface area contributed by atoms with Crippen molar-refractivity contribution >= 4 is 0 Å². The summed E-state index contributed by atoms with van der Waals surface area (Å²) in [5.41, 5.74) is 0.650. The van der Waals surface area contributed by atoms with Gasteiger partial charge in [-0.15, -0.1) is 0 Å². The summed E-state index contributed by atoms with van der Waals surface area (Å²) >= 11 is 0. The van der Waals surface area contributed by atoms with Gasteiger partial charge in [0.05, 0.1) is 6.10 Å². The maximum atomic E-state index is 13.7. The van der Waals surface area contributed by atoms with Crippen molar-refractivity contribution in [3.05, 3.63) is 35.6 Å². The van der Waals surface area contributed by atoms with Crippen molar-refractivity contribution in [1.29, 1.82) is 0 Å². The highest BCUT2D eigenvalue weighted by Gasteiger charge is 2.19. The zero-order chi connectivity index (χ0) is 15.2. The lowest BCUT2D eigenvalue weighted by Crippen LogP contribution is -2.42. The molecule has 1 aromatic carbocycles. The molecule has 0 bridgehead atoms. The third-order valence-corrected chi connectivity index (χ3v) is 4.38. The lowest BCUT2D eigenvalue weighted by Gasteiger charge is -2.32. The second kappa shape index (κ2) is 7.87. The van der Waals surface area contributed by atoms with Crippen LogP contribution in [0.3, 0.4) is 0 Å². The Morgan fingerprint density at radius 1 is 1.33 bits per heavy atom. The van der Waals surface area contributed by atoms with Crippen molar-refractivity contribution in [2.24, 2.45) is 5.92 Å². The van der Waals surface area contributed by atoms with Crippen LogP contribution in [0.15, 0.2) is 24.3 Å². The van der Waals surface area contributed by atoms with E-state index in [2.05, 4.69) is 17.1 Å². The third kappa shape index (κ3) is 5.06. The summed E-state index contributed by atoms with van der Waals surface area (Å²) in [5.74, 6) is 0.606. The minimum Gasteiger partial charge on any atom is -0.390 e. The van der Waals surface area contributed by atoms with Crippen LogP contribution in [-0.4, -0.2) is 42.3 Å². The number of likely N-dealkylation sites (tertiary alicyclic amines) is 1. The first-order chi connectivity index (χ1) is 10.1. The van der Waals surface area contributed by atoms with Crippen molar-refractivity contribution in [3.63, 3.8) is 0 Å². The highest BCUT2D eigenvalue weighted by atomic mass is 19.1. The molecule has 0 aromatic heterocycles. The molecular formula is C17H27FN2O. The lowest BCUT2D eigenvalue weighted by atomic mass is 9.99. The van der Waals surface area contributed by atoms with E-state index in [9.17, 15) is 9.50 Å². The van der Waals surface area contributed by atoms with E-state index in [0.717, 1.165) is 19.0 Å². The average Bonchev–Trinajstić information content (AvgIpc) is 2.48. The smallest absolute Gasteiger partial charge is 0.127 e. The minimum absolute atomic E-state index is 0.0952. The molecule has 1 aliphatic heterocycles. The van der Waals surface area contributed by atoms with Gasteiger partial charge in [0.15, 0.2) is 0 Å². The highest BCUT2D eigenvalue weighted by molar-refractivity contribution is 5.20. The van der Waals surface area contributed by atoms with Gasteiger partial charge in [-0.2, -0.15) is 0 Å². The van der Waals surface area contributed by atoms with Gasteiger partial charge in [-0.1, -0.05) is 25.1 Å². The molecule has 1 aliphatic rings.